The van der Waals surface area contributed by atoms with Crippen LogP contribution in [0.4, 0.5) is 0 Å². The minimum absolute atomic E-state index is 0.417. The van der Waals surface area contributed by atoms with E-state index < -0.39 is 5.60 Å². The lowest BCUT2D eigenvalue weighted by molar-refractivity contribution is 0.0774. The van der Waals surface area contributed by atoms with Crippen LogP contribution in [0.3, 0.4) is 0 Å². The Kier molecular flexibility index (Phi) is 1.80. The molecule has 1 aliphatic rings. The predicted molar refractivity (Wildman–Crippen MR) is 35.9 cm³/mol. The molecule has 0 saturated carbocycles. The molecule has 0 radical (unpaired) electrons. The van der Waals surface area contributed by atoms with Gasteiger partial charge >= 0.3 is 0 Å². The van der Waals surface area contributed by atoms with E-state index in [4.69, 9.17) is 5.73 Å². The van der Waals surface area contributed by atoms with Gasteiger partial charge in [-0.2, -0.15) is 11.8 Å². The maximum Gasteiger partial charge on any atom is 0.0867 e. The van der Waals surface area contributed by atoms with E-state index in [9.17, 15) is 5.11 Å². The van der Waals surface area contributed by atoms with Crippen molar-refractivity contribution in [3.63, 3.8) is 0 Å². The third-order valence-electron chi connectivity index (χ3n) is 1.46. The average molecular weight is 133 g/mol. The van der Waals surface area contributed by atoms with Crippen molar-refractivity contribution in [3.05, 3.63) is 0 Å². The fraction of sp³-hybridized carbons (Fsp3) is 1.00. The molecule has 8 heavy (non-hydrogen) atoms. The SMILES string of the molecule is NC[C@]1(O)CCSC1. The van der Waals surface area contributed by atoms with E-state index >= 15 is 0 Å². The van der Waals surface area contributed by atoms with Crippen LogP contribution < -0.4 is 5.73 Å². The zero-order chi connectivity index (χ0) is 6.04. The molecule has 1 aliphatic heterocycles. The van der Waals surface area contributed by atoms with Gasteiger partial charge in [0, 0.05) is 12.3 Å². The first-order chi connectivity index (χ1) is 3.77. The smallest absolute Gasteiger partial charge is 0.0867 e. The predicted octanol–water partition coefficient (Wildman–Crippen LogP) is -0.187. The van der Waals surface area contributed by atoms with E-state index in [1.165, 1.54) is 0 Å². The molecule has 1 atom stereocenters. The molecule has 0 bridgehead atoms. The fourth-order valence-corrected chi connectivity index (χ4v) is 2.07. The third kappa shape index (κ3) is 1.16. The van der Waals surface area contributed by atoms with E-state index in [0.717, 1.165) is 17.9 Å². The van der Waals surface area contributed by atoms with Crippen molar-refractivity contribution < 1.29 is 5.11 Å². The van der Waals surface area contributed by atoms with E-state index in [1.54, 1.807) is 11.8 Å². The summed E-state index contributed by atoms with van der Waals surface area (Å²) in [7, 11) is 0. The molecule has 3 N–H and O–H groups in total. The lowest BCUT2D eigenvalue weighted by Gasteiger charge is -2.17. The molecule has 0 aromatic rings. The molecular weight excluding hydrogens is 122 g/mol. The van der Waals surface area contributed by atoms with Crippen molar-refractivity contribution in [1.82, 2.24) is 0 Å². The first-order valence-corrected chi connectivity index (χ1v) is 3.92. The molecule has 0 amide bonds. The number of nitrogens with two attached hydrogens (primary N) is 1. The fourth-order valence-electron chi connectivity index (χ4n) is 0.757. The summed E-state index contributed by atoms with van der Waals surface area (Å²) in [5.41, 5.74) is 4.78. The highest BCUT2D eigenvalue weighted by molar-refractivity contribution is 7.99. The number of hydrogen-bond donors (Lipinski definition) is 2. The first-order valence-electron chi connectivity index (χ1n) is 2.77. The van der Waals surface area contributed by atoms with Gasteiger partial charge in [-0.3, -0.25) is 0 Å². The van der Waals surface area contributed by atoms with Crippen LogP contribution in [0, 0.1) is 0 Å². The zero-order valence-electron chi connectivity index (χ0n) is 4.76. The van der Waals surface area contributed by atoms with Crippen LogP contribution in [-0.2, 0) is 0 Å². The Morgan fingerprint density at radius 2 is 2.50 bits per heavy atom. The normalized spacial score (nSPS) is 38.2. The first kappa shape index (κ1) is 6.39. The Bertz CT molecular complexity index is 80.5. The highest BCUT2D eigenvalue weighted by Crippen LogP contribution is 2.26. The van der Waals surface area contributed by atoms with Crippen LogP contribution in [0.15, 0.2) is 0 Å². The number of hydrogen-bond acceptors (Lipinski definition) is 3. The maximum absolute atomic E-state index is 9.35. The van der Waals surface area contributed by atoms with Gasteiger partial charge in [0.1, 0.15) is 0 Å². The molecule has 1 heterocycles. The molecule has 2 nitrogen and oxygen atoms in total. The van der Waals surface area contributed by atoms with Crippen LogP contribution in [0.2, 0.25) is 0 Å². The van der Waals surface area contributed by atoms with Gasteiger partial charge in [-0.1, -0.05) is 0 Å². The molecule has 0 aromatic carbocycles. The van der Waals surface area contributed by atoms with Gasteiger partial charge < -0.3 is 10.8 Å². The van der Waals surface area contributed by atoms with Crippen molar-refractivity contribution in [2.45, 2.75) is 12.0 Å². The lowest BCUT2D eigenvalue weighted by Crippen LogP contribution is -2.37. The standard InChI is InChI=1S/C5H11NOS/c6-3-5(7)1-2-8-4-5/h7H,1-4,6H2/t5-/m1/s1. The Hall–Kier alpha value is 0.270. The van der Waals surface area contributed by atoms with E-state index in [1.807, 2.05) is 0 Å². The largest absolute Gasteiger partial charge is 0.388 e. The molecule has 1 rings (SSSR count). The summed E-state index contributed by atoms with van der Waals surface area (Å²) in [6.45, 7) is 0.417. The van der Waals surface area contributed by atoms with E-state index in [0.29, 0.717) is 6.54 Å². The summed E-state index contributed by atoms with van der Waals surface area (Å²) in [6, 6.07) is 0. The van der Waals surface area contributed by atoms with Crippen molar-refractivity contribution >= 4 is 11.8 Å². The second-order valence-corrected chi connectivity index (χ2v) is 3.34. The van der Waals surface area contributed by atoms with Crippen molar-refractivity contribution in [1.29, 1.82) is 0 Å². The van der Waals surface area contributed by atoms with Gasteiger partial charge in [0.15, 0.2) is 0 Å². The molecule has 1 fully saturated rings. The van der Waals surface area contributed by atoms with Crippen LogP contribution in [-0.4, -0.2) is 28.8 Å². The number of thioether (sulfide) groups is 1. The summed E-state index contributed by atoms with van der Waals surface area (Å²) in [5, 5.41) is 9.35. The molecule has 1 saturated heterocycles. The molecule has 0 aromatic heterocycles. The summed E-state index contributed by atoms with van der Waals surface area (Å²) in [4.78, 5) is 0. The van der Waals surface area contributed by atoms with Gasteiger partial charge in [-0.05, 0) is 12.2 Å². The molecule has 0 aliphatic carbocycles. The second-order valence-electron chi connectivity index (χ2n) is 2.23. The molecule has 0 unspecified atom stereocenters. The number of rotatable bonds is 1. The summed E-state index contributed by atoms with van der Waals surface area (Å²) < 4.78 is 0. The molecule has 3 heteroatoms. The van der Waals surface area contributed by atoms with E-state index in [-0.39, 0.29) is 0 Å². The van der Waals surface area contributed by atoms with Crippen molar-refractivity contribution in [2.75, 3.05) is 18.1 Å². The number of aliphatic hydroxyl groups is 1. The zero-order valence-corrected chi connectivity index (χ0v) is 5.58. The van der Waals surface area contributed by atoms with Crippen molar-refractivity contribution in [2.24, 2.45) is 5.73 Å². The molecule has 0 spiro atoms. The highest BCUT2D eigenvalue weighted by atomic mass is 32.2. The van der Waals surface area contributed by atoms with Gasteiger partial charge in [0.05, 0.1) is 5.60 Å². The van der Waals surface area contributed by atoms with Crippen molar-refractivity contribution in [3.8, 4) is 0 Å². The van der Waals surface area contributed by atoms with Gasteiger partial charge in [0.2, 0.25) is 0 Å². The van der Waals surface area contributed by atoms with Gasteiger partial charge in [-0.25, -0.2) is 0 Å². The van der Waals surface area contributed by atoms with Gasteiger partial charge in [-0.15, -0.1) is 0 Å². The topological polar surface area (TPSA) is 46.2 Å². The second kappa shape index (κ2) is 2.25. The highest BCUT2D eigenvalue weighted by Gasteiger charge is 2.29. The quantitative estimate of drug-likeness (QED) is 0.521. The van der Waals surface area contributed by atoms with Crippen LogP contribution in [0.25, 0.3) is 0 Å². The average Bonchev–Trinajstić information content (AvgIpc) is 2.17. The van der Waals surface area contributed by atoms with E-state index in [2.05, 4.69) is 0 Å². The Morgan fingerprint density at radius 3 is 2.75 bits per heavy atom. The Labute approximate surface area is 53.5 Å². The molecule has 48 valence electrons. The van der Waals surface area contributed by atoms with Crippen LogP contribution in [0.5, 0.6) is 0 Å². The van der Waals surface area contributed by atoms with Crippen LogP contribution >= 0.6 is 11.8 Å². The van der Waals surface area contributed by atoms with Crippen LogP contribution in [0.1, 0.15) is 6.42 Å². The lowest BCUT2D eigenvalue weighted by atomic mass is 10.1. The Balaban J connectivity index is 2.40. The summed E-state index contributed by atoms with van der Waals surface area (Å²) in [5.74, 6) is 1.89. The summed E-state index contributed by atoms with van der Waals surface area (Å²) >= 11 is 1.78. The minimum Gasteiger partial charge on any atom is -0.388 e. The summed E-state index contributed by atoms with van der Waals surface area (Å²) in [6.07, 6.45) is 0.869. The molecular formula is C5H11NOS. The van der Waals surface area contributed by atoms with Gasteiger partial charge in [0.25, 0.3) is 0 Å². The minimum atomic E-state index is -0.523. The Morgan fingerprint density at radius 1 is 1.75 bits per heavy atom. The third-order valence-corrected chi connectivity index (χ3v) is 2.70. The monoisotopic (exact) mass is 133 g/mol. The maximum atomic E-state index is 9.35.